The molecular weight excluding hydrogens is 1210 g/mol. The van der Waals surface area contributed by atoms with Crippen molar-refractivity contribution < 1.29 is 62.2 Å². The average molecular weight is 1270 g/mol. The van der Waals surface area contributed by atoms with E-state index in [-0.39, 0.29) is 53.6 Å². The van der Waals surface area contributed by atoms with Gasteiger partial charge in [-0.1, -0.05) is 121 Å². The lowest BCUT2D eigenvalue weighted by Gasteiger charge is -2.59. The molecule has 476 valence electrons. The number of benzene rings is 6. The molecule has 5 N–H and O–H groups in total. The Kier molecular flexibility index (Phi) is 20.7. The molecule has 10 rings (SSSR count). The summed E-state index contributed by atoms with van der Waals surface area (Å²) in [6.07, 6.45) is -19.1. The van der Waals surface area contributed by atoms with E-state index in [9.17, 15) is 62.3 Å². The van der Waals surface area contributed by atoms with Gasteiger partial charge in [0.15, 0.2) is 0 Å². The fourth-order valence-electron chi connectivity index (χ4n) is 11.8. The smallest absolute Gasteiger partial charge is 0.373 e. The summed E-state index contributed by atoms with van der Waals surface area (Å²) in [6.45, 7) is 8.97. The molecule has 12 nitrogen and oxygen atoms in total. The van der Waals surface area contributed by atoms with Crippen molar-refractivity contribution in [3.63, 3.8) is 0 Å². The van der Waals surface area contributed by atoms with Gasteiger partial charge in [-0.15, -0.1) is 11.6 Å². The molecule has 0 bridgehead atoms. The van der Waals surface area contributed by atoms with E-state index >= 15 is 0 Å². The van der Waals surface area contributed by atoms with Crippen LogP contribution in [0.15, 0.2) is 167 Å². The minimum atomic E-state index is -4.95. The standard InChI is InChI=1S/C32H32F6N4O2.C29H29F6NO.C3H4ClN3O/c1-21(23-13-25(31(33,34)35)15-26(14-23)32(36,37)38)44-20-30(24-11-7-4-8-12-24)18-29(2,19-30)42(16-22-9-5-3-6-10-22)17-27-39-28(43)41-40-27;1-20(22-13-24(28(30,31)32)15-25(14-22)29(33,34)35)37-19-27(23-11-7-4-8-12-23)17-26(2,18-27)36-16-21-9-5-3-6-10-21;4-1-2-5-3(8)7-6-2/h3-15,21H,16-20H2,1-2H3,(H2,39,40,41,43);3-15,20,36H,16-19H2,1-2H3;1H2,(H2,5,6,7,8)/t21-,29?,30?;20-,26?,27?;/m11./s1. The number of halogens is 13. The fourth-order valence-corrected chi connectivity index (χ4v) is 12.0. The number of aromatic nitrogens is 6. The van der Waals surface area contributed by atoms with Crippen LogP contribution in [0.25, 0.3) is 0 Å². The number of alkyl halides is 13. The van der Waals surface area contributed by atoms with E-state index in [1.165, 1.54) is 13.8 Å². The molecule has 0 unspecified atom stereocenters. The Labute approximate surface area is 509 Å². The zero-order chi connectivity index (χ0) is 64.6. The van der Waals surface area contributed by atoms with Gasteiger partial charge in [-0.05, 0) is 123 Å². The van der Waals surface area contributed by atoms with Gasteiger partial charge in [0.2, 0.25) is 0 Å². The molecule has 2 atom stereocenters. The maximum absolute atomic E-state index is 13.5. The summed E-state index contributed by atoms with van der Waals surface area (Å²) in [7, 11) is 0. The number of rotatable bonds is 19. The molecule has 2 heterocycles. The summed E-state index contributed by atoms with van der Waals surface area (Å²) >= 11 is 5.29. The molecule has 0 aliphatic heterocycles. The van der Waals surface area contributed by atoms with E-state index in [0.717, 1.165) is 34.4 Å². The second-order valence-corrected chi connectivity index (χ2v) is 23.5. The van der Waals surface area contributed by atoms with Crippen molar-refractivity contribution in [2.24, 2.45) is 0 Å². The van der Waals surface area contributed by atoms with E-state index in [4.69, 9.17) is 21.1 Å². The van der Waals surface area contributed by atoms with Gasteiger partial charge in [0.25, 0.3) is 0 Å². The van der Waals surface area contributed by atoms with E-state index in [0.29, 0.717) is 69.1 Å². The van der Waals surface area contributed by atoms with Crippen LogP contribution in [0.1, 0.15) is 133 Å². The topological polar surface area (TPSA) is 157 Å². The Morgan fingerprint density at radius 3 is 1.22 bits per heavy atom. The first-order valence-electron chi connectivity index (χ1n) is 28.1. The van der Waals surface area contributed by atoms with Crippen LogP contribution in [-0.4, -0.2) is 59.6 Å². The molecule has 0 amide bonds. The average Bonchev–Trinajstić information content (AvgIpc) is 0.988. The predicted octanol–water partition coefficient (Wildman–Crippen LogP) is 15.3. The number of ether oxygens (including phenoxy) is 2. The summed E-state index contributed by atoms with van der Waals surface area (Å²) in [5.74, 6) is 1.18. The third-order valence-corrected chi connectivity index (χ3v) is 16.4. The van der Waals surface area contributed by atoms with Gasteiger partial charge in [0, 0.05) is 35.0 Å². The van der Waals surface area contributed by atoms with E-state index in [1.54, 1.807) is 0 Å². The molecule has 2 fully saturated rings. The number of nitrogens with one attached hydrogen (secondary N) is 5. The van der Waals surface area contributed by atoms with E-state index < -0.39 is 81.2 Å². The lowest BCUT2D eigenvalue weighted by Crippen LogP contribution is -2.63. The van der Waals surface area contributed by atoms with Gasteiger partial charge in [-0.25, -0.2) is 19.8 Å². The molecule has 2 aliphatic carbocycles. The van der Waals surface area contributed by atoms with Gasteiger partial charge in [-0.2, -0.15) is 62.9 Å². The fraction of sp³-hybridized carbons (Fsp3) is 0.375. The van der Waals surface area contributed by atoms with E-state index in [1.807, 2.05) is 121 Å². The highest BCUT2D eigenvalue weighted by molar-refractivity contribution is 6.16. The van der Waals surface area contributed by atoms with Crippen LogP contribution in [0.2, 0.25) is 0 Å². The minimum Gasteiger partial charge on any atom is -0.373 e. The molecule has 25 heteroatoms. The molecule has 0 spiro atoms. The Hall–Kier alpha value is -7.51. The number of hydrogen-bond donors (Lipinski definition) is 5. The van der Waals surface area contributed by atoms with E-state index in [2.05, 4.69) is 54.4 Å². The van der Waals surface area contributed by atoms with Crippen LogP contribution in [0.3, 0.4) is 0 Å². The first kappa shape index (κ1) is 67.4. The van der Waals surface area contributed by atoms with Gasteiger partial charge in [0.1, 0.15) is 11.6 Å². The SMILES string of the molecule is C[C@@H](OCC1(c2ccccc2)CC(C)(N(Cc2ccccc2)Cc2n[nH]c(=O)[nH]2)C1)c1cc(C(F)(F)F)cc(C(F)(F)F)c1.C[C@@H](OCC1(c2ccccc2)CC(C)(NCc2ccccc2)C1)c1cc(C(F)(F)F)cc(C(F)(F)F)c1.O=c1[nH]nc(CCl)[nH]1. The summed E-state index contributed by atoms with van der Waals surface area (Å²) in [5.41, 5.74) is -3.92. The number of nitrogens with zero attached hydrogens (tertiary/aromatic N) is 3. The van der Waals surface area contributed by atoms with Gasteiger partial charge < -0.3 is 14.8 Å². The summed E-state index contributed by atoms with van der Waals surface area (Å²) in [4.78, 5) is 29.2. The quantitative estimate of drug-likeness (QED) is 0.0396. The Morgan fingerprint density at radius 1 is 0.517 bits per heavy atom. The lowest BCUT2D eigenvalue weighted by atomic mass is 9.54. The zero-order valence-electron chi connectivity index (χ0n) is 48.6. The Morgan fingerprint density at radius 2 is 0.876 bits per heavy atom. The maximum atomic E-state index is 13.5. The molecule has 2 aliphatic rings. The highest BCUT2D eigenvalue weighted by Crippen LogP contribution is 2.55. The summed E-state index contributed by atoms with van der Waals surface area (Å²) < 4.78 is 173. The summed E-state index contributed by atoms with van der Waals surface area (Å²) in [6, 6.07) is 42.2. The third kappa shape index (κ3) is 17.5. The van der Waals surface area contributed by atoms with Crippen molar-refractivity contribution in [2.75, 3.05) is 13.2 Å². The van der Waals surface area contributed by atoms with Crippen molar-refractivity contribution in [3.05, 3.63) is 246 Å². The largest absolute Gasteiger partial charge is 0.416 e. The minimum absolute atomic E-state index is 0.0732. The van der Waals surface area contributed by atoms with Crippen LogP contribution in [0.4, 0.5) is 52.7 Å². The molecule has 6 aromatic carbocycles. The number of hydrogen-bond acceptors (Lipinski definition) is 8. The van der Waals surface area contributed by atoms with Gasteiger partial charge in [0.05, 0.1) is 60.1 Å². The molecule has 2 saturated carbocycles. The maximum Gasteiger partial charge on any atom is 0.416 e. The number of aromatic amines is 4. The zero-order valence-corrected chi connectivity index (χ0v) is 49.4. The molecule has 0 saturated heterocycles. The van der Waals surface area contributed by atoms with Crippen LogP contribution < -0.4 is 16.7 Å². The van der Waals surface area contributed by atoms with Crippen molar-refractivity contribution in [1.29, 1.82) is 0 Å². The molecule has 2 aromatic heterocycles. The van der Waals surface area contributed by atoms with Crippen LogP contribution in [0.5, 0.6) is 0 Å². The lowest BCUT2D eigenvalue weighted by molar-refractivity contribution is -0.145. The monoisotopic (exact) mass is 1270 g/mol. The molecule has 0 radical (unpaired) electrons. The summed E-state index contributed by atoms with van der Waals surface area (Å²) in [5, 5.41) is 15.8. The normalized spacial score (nSPS) is 20.9. The second kappa shape index (κ2) is 27.3. The van der Waals surface area contributed by atoms with Crippen molar-refractivity contribution in [1.82, 2.24) is 40.6 Å². The number of H-pyrrole nitrogens is 4. The first-order chi connectivity index (χ1) is 41.8. The third-order valence-electron chi connectivity index (χ3n) is 16.2. The molecular formula is C64H65ClF12N8O4. The van der Waals surface area contributed by atoms with Crippen LogP contribution in [-0.2, 0) is 70.5 Å². The predicted molar refractivity (Wildman–Crippen MR) is 310 cm³/mol. The highest BCUT2D eigenvalue weighted by atomic mass is 35.5. The van der Waals surface area contributed by atoms with Crippen molar-refractivity contribution in [3.8, 4) is 0 Å². The molecule has 8 aromatic rings. The van der Waals surface area contributed by atoms with Crippen LogP contribution >= 0.6 is 11.6 Å². The molecule has 89 heavy (non-hydrogen) atoms. The highest BCUT2D eigenvalue weighted by Gasteiger charge is 2.56. The van der Waals surface area contributed by atoms with Crippen LogP contribution in [0, 0.1) is 0 Å². The Bertz CT molecular complexity index is 3610. The van der Waals surface area contributed by atoms with Crippen molar-refractivity contribution in [2.45, 2.75) is 138 Å². The van der Waals surface area contributed by atoms with Crippen molar-refractivity contribution >= 4 is 11.6 Å². The first-order valence-corrected chi connectivity index (χ1v) is 28.7. The van der Waals surface area contributed by atoms with Gasteiger partial charge in [-0.3, -0.25) is 14.9 Å². The van der Waals surface area contributed by atoms with Gasteiger partial charge >= 0.3 is 36.1 Å². The second-order valence-electron chi connectivity index (χ2n) is 23.2. The Balaban J connectivity index is 0.000000206.